The number of aromatic nitrogens is 7. The van der Waals surface area contributed by atoms with Crippen LogP contribution in [0.5, 0.6) is 0 Å². The SMILES string of the molecule is O=C(N[C@@H]1C[C@H]1F)c1cccnc1-n1cnc(Cn2nc(-c3ccc(Cl)cc3)n(C[C@H](O)C(F)(F)F)c2=O)n1. The molecule has 5 rings (SSSR count). The van der Waals surface area contributed by atoms with Gasteiger partial charge in [-0.25, -0.2) is 28.5 Å². The minimum absolute atomic E-state index is 0.0313. The van der Waals surface area contributed by atoms with E-state index in [2.05, 4.69) is 25.5 Å². The lowest BCUT2D eigenvalue weighted by atomic mass is 10.2. The molecule has 39 heavy (non-hydrogen) atoms. The zero-order valence-corrected chi connectivity index (χ0v) is 20.5. The molecule has 3 atom stereocenters. The number of nitrogens with zero attached hydrogens (tertiary/aromatic N) is 7. The molecule has 0 unspecified atom stereocenters. The van der Waals surface area contributed by atoms with E-state index in [9.17, 15) is 32.3 Å². The third-order valence-electron chi connectivity index (χ3n) is 5.87. The summed E-state index contributed by atoms with van der Waals surface area (Å²) in [4.78, 5) is 33.9. The average molecular weight is 567 g/mol. The number of carbonyl (C=O) groups is 1. The number of aliphatic hydroxyl groups is 1. The van der Waals surface area contributed by atoms with Gasteiger partial charge in [0.05, 0.1) is 18.2 Å². The second kappa shape index (κ2) is 10.2. The van der Waals surface area contributed by atoms with Gasteiger partial charge < -0.3 is 10.4 Å². The summed E-state index contributed by atoms with van der Waals surface area (Å²) >= 11 is 5.90. The summed E-state index contributed by atoms with van der Waals surface area (Å²) in [6.45, 7) is -1.43. The number of halogens is 5. The number of benzene rings is 1. The molecule has 11 nitrogen and oxygen atoms in total. The molecule has 1 aliphatic rings. The van der Waals surface area contributed by atoms with Crippen molar-refractivity contribution in [2.24, 2.45) is 0 Å². The van der Waals surface area contributed by atoms with Crippen LogP contribution in [0.4, 0.5) is 17.6 Å². The zero-order valence-electron chi connectivity index (χ0n) is 19.8. The highest BCUT2D eigenvalue weighted by molar-refractivity contribution is 6.30. The van der Waals surface area contributed by atoms with Gasteiger partial charge >= 0.3 is 11.9 Å². The van der Waals surface area contributed by atoms with Gasteiger partial charge in [-0.1, -0.05) is 11.6 Å². The van der Waals surface area contributed by atoms with E-state index < -0.39 is 42.6 Å². The van der Waals surface area contributed by atoms with E-state index >= 15 is 0 Å². The maximum absolute atomic E-state index is 13.2. The standard InChI is InChI=1S/C23H19ClF4N8O3/c24-13-5-3-12(4-6-13)19-33-35(22(39)34(19)9-17(37)23(26,27)28)10-18-30-11-36(32-18)20-14(2-1-7-29-20)21(38)31-16-8-15(16)25/h1-7,11,15-17,37H,8-10H2,(H,31,38)/t15-,16-,17+/m1/s1. The van der Waals surface area contributed by atoms with E-state index in [1.807, 2.05) is 0 Å². The topological polar surface area (TPSA) is 133 Å². The molecule has 2 N–H and O–H groups in total. The number of carbonyl (C=O) groups excluding carboxylic acids is 1. The van der Waals surface area contributed by atoms with Gasteiger partial charge in [0.15, 0.2) is 23.6 Å². The maximum atomic E-state index is 13.2. The first kappa shape index (κ1) is 26.5. The third kappa shape index (κ3) is 5.68. The number of rotatable bonds is 8. The van der Waals surface area contributed by atoms with Crippen molar-refractivity contribution in [3.63, 3.8) is 0 Å². The lowest BCUT2D eigenvalue weighted by molar-refractivity contribution is -0.207. The first-order valence-electron chi connectivity index (χ1n) is 11.5. The summed E-state index contributed by atoms with van der Waals surface area (Å²) in [6.07, 6.45) is -5.99. The summed E-state index contributed by atoms with van der Waals surface area (Å²) in [5.74, 6) is -0.554. The fourth-order valence-electron chi connectivity index (χ4n) is 3.72. The molecular weight excluding hydrogens is 548 g/mol. The van der Waals surface area contributed by atoms with E-state index in [0.717, 1.165) is 4.68 Å². The molecule has 0 radical (unpaired) electrons. The summed E-state index contributed by atoms with van der Waals surface area (Å²) in [5, 5.41) is 20.9. The van der Waals surface area contributed by atoms with E-state index in [0.29, 0.717) is 15.2 Å². The molecule has 0 bridgehead atoms. The highest BCUT2D eigenvalue weighted by Gasteiger charge is 2.40. The molecule has 1 saturated carbocycles. The Labute approximate surface area is 221 Å². The molecule has 204 valence electrons. The fourth-order valence-corrected chi connectivity index (χ4v) is 3.85. The van der Waals surface area contributed by atoms with Crippen LogP contribution in [0.15, 0.2) is 53.7 Å². The quantitative estimate of drug-likeness (QED) is 0.312. The van der Waals surface area contributed by atoms with Gasteiger partial charge in [0.2, 0.25) is 0 Å². The van der Waals surface area contributed by atoms with Crippen LogP contribution in [0.3, 0.4) is 0 Å². The smallest absolute Gasteiger partial charge is 0.382 e. The number of pyridine rings is 1. The van der Waals surface area contributed by atoms with Crippen molar-refractivity contribution < 1.29 is 27.5 Å². The Balaban J connectivity index is 1.44. The van der Waals surface area contributed by atoms with Crippen LogP contribution < -0.4 is 11.0 Å². The zero-order chi connectivity index (χ0) is 27.9. The first-order valence-corrected chi connectivity index (χ1v) is 11.9. The molecular formula is C23H19ClF4N8O3. The van der Waals surface area contributed by atoms with Crippen LogP contribution in [0.1, 0.15) is 22.6 Å². The second-order valence-corrected chi connectivity index (χ2v) is 9.19. The van der Waals surface area contributed by atoms with Crippen LogP contribution >= 0.6 is 11.6 Å². The third-order valence-corrected chi connectivity index (χ3v) is 6.12. The van der Waals surface area contributed by atoms with Gasteiger partial charge in [-0.15, -0.1) is 10.2 Å². The van der Waals surface area contributed by atoms with Crippen molar-refractivity contribution in [3.05, 3.63) is 75.8 Å². The van der Waals surface area contributed by atoms with Gasteiger partial charge in [0.25, 0.3) is 5.91 Å². The van der Waals surface area contributed by atoms with Crippen molar-refractivity contribution in [3.8, 4) is 17.2 Å². The highest BCUT2D eigenvalue weighted by atomic mass is 35.5. The number of aliphatic hydroxyl groups excluding tert-OH is 1. The summed E-state index contributed by atoms with van der Waals surface area (Å²) in [5.41, 5.74) is -0.540. The van der Waals surface area contributed by atoms with Crippen molar-refractivity contribution in [2.45, 2.75) is 44.0 Å². The molecule has 3 heterocycles. The van der Waals surface area contributed by atoms with Crippen molar-refractivity contribution in [1.82, 2.24) is 39.4 Å². The average Bonchev–Trinajstić information content (AvgIpc) is 3.26. The Hall–Kier alpha value is -4.11. The van der Waals surface area contributed by atoms with Crippen LogP contribution in [0, 0.1) is 0 Å². The number of hydrogen-bond acceptors (Lipinski definition) is 7. The van der Waals surface area contributed by atoms with Gasteiger partial charge in [-0.05, 0) is 36.4 Å². The first-order chi connectivity index (χ1) is 18.5. The minimum atomic E-state index is -4.96. The Bertz CT molecular complexity index is 1570. The van der Waals surface area contributed by atoms with Crippen LogP contribution in [0.25, 0.3) is 17.2 Å². The minimum Gasteiger partial charge on any atom is -0.382 e. The molecule has 0 aliphatic heterocycles. The van der Waals surface area contributed by atoms with Gasteiger partial charge in [0.1, 0.15) is 19.0 Å². The largest absolute Gasteiger partial charge is 0.416 e. The molecule has 1 amide bonds. The van der Waals surface area contributed by atoms with Crippen molar-refractivity contribution in [2.75, 3.05) is 0 Å². The second-order valence-electron chi connectivity index (χ2n) is 8.75. The summed E-state index contributed by atoms with van der Waals surface area (Å²) in [7, 11) is 0. The highest BCUT2D eigenvalue weighted by Crippen LogP contribution is 2.26. The molecule has 1 aliphatic carbocycles. The molecule has 0 spiro atoms. The normalized spacial score (nSPS) is 17.7. The van der Waals surface area contributed by atoms with Gasteiger partial charge in [-0.3, -0.25) is 9.36 Å². The summed E-state index contributed by atoms with van der Waals surface area (Å²) in [6, 6.07) is 8.33. The predicted molar refractivity (Wildman–Crippen MR) is 128 cm³/mol. The van der Waals surface area contributed by atoms with Gasteiger partial charge in [-0.2, -0.15) is 13.2 Å². The van der Waals surface area contributed by atoms with E-state index in [1.54, 1.807) is 0 Å². The Kier molecular flexibility index (Phi) is 6.94. The molecule has 0 saturated heterocycles. The van der Waals surface area contributed by atoms with Gasteiger partial charge in [0, 0.05) is 23.2 Å². The predicted octanol–water partition coefficient (Wildman–Crippen LogP) is 2.15. The van der Waals surface area contributed by atoms with Crippen LogP contribution in [-0.2, 0) is 13.1 Å². The monoisotopic (exact) mass is 566 g/mol. The lowest BCUT2D eigenvalue weighted by Gasteiger charge is -2.15. The Morgan fingerprint density at radius 1 is 1.18 bits per heavy atom. The van der Waals surface area contributed by atoms with Crippen molar-refractivity contribution in [1.29, 1.82) is 0 Å². The number of nitrogens with one attached hydrogen (secondary N) is 1. The lowest BCUT2D eigenvalue weighted by Crippen LogP contribution is -2.37. The van der Waals surface area contributed by atoms with E-state index in [-0.39, 0.29) is 36.0 Å². The molecule has 3 aromatic heterocycles. The Morgan fingerprint density at radius 3 is 2.56 bits per heavy atom. The van der Waals surface area contributed by atoms with E-state index in [4.69, 9.17) is 11.6 Å². The summed E-state index contributed by atoms with van der Waals surface area (Å²) < 4.78 is 55.2. The van der Waals surface area contributed by atoms with E-state index in [1.165, 1.54) is 53.6 Å². The molecule has 16 heteroatoms. The number of alkyl halides is 4. The molecule has 4 aromatic rings. The maximum Gasteiger partial charge on any atom is 0.416 e. The number of amides is 1. The van der Waals surface area contributed by atoms with Crippen molar-refractivity contribution >= 4 is 17.5 Å². The number of hydrogen-bond donors (Lipinski definition) is 2. The van der Waals surface area contributed by atoms with Crippen LogP contribution in [-0.4, -0.2) is 69.6 Å². The molecule has 1 fully saturated rings. The fraction of sp³-hybridized carbons (Fsp3) is 0.304. The molecule has 1 aromatic carbocycles. The Morgan fingerprint density at radius 2 is 1.90 bits per heavy atom. The van der Waals surface area contributed by atoms with Crippen LogP contribution in [0.2, 0.25) is 5.02 Å².